The maximum atomic E-state index is 16.0. The molecule has 0 aliphatic heterocycles. The molecule has 172 valence electrons. The van der Waals surface area contributed by atoms with Crippen LogP contribution >= 0.6 is 11.6 Å². The number of fused-ring (bicyclic) bond motifs is 4. The first-order chi connectivity index (χ1) is 16.5. The Labute approximate surface area is 200 Å². The summed E-state index contributed by atoms with van der Waals surface area (Å²) in [6.45, 7) is 10.1. The summed E-state index contributed by atoms with van der Waals surface area (Å²) < 4.78 is 21.6. The Morgan fingerprint density at radius 3 is 2.74 bits per heavy atom. The Morgan fingerprint density at radius 1 is 1.24 bits per heavy atom. The van der Waals surface area contributed by atoms with Crippen LogP contribution in [0.1, 0.15) is 32.6 Å². The third-order valence-corrected chi connectivity index (χ3v) is 7.72. The van der Waals surface area contributed by atoms with Crippen LogP contribution in [0.5, 0.6) is 0 Å². The van der Waals surface area contributed by atoms with Gasteiger partial charge >= 0.3 is 0 Å². The normalized spacial score (nSPS) is 23.8. The number of nitrogens with one attached hydrogen (secondary N) is 2. The molecule has 4 aromatic rings. The minimum absolute atomic E-state index is 0.0545. The van der Waals surface area contributed by atoms with Crippen LogP contribution in [0.25, 0.3) is 38.6 Å². The number of anilines is 1. The number of nitrogens with zero attached hydrogens (tertiary/aromatic N) is 4. The van der Waals surface area contributed by atoms with Gasteiger partial charge in [0.2, 0.25) is 5.69 Å². The number of halogens is 2. The predicted molar refractivity (Wildman–Crippen MR) is 128 cm³/mol. The molecular formula is C25H22ClFN6O. The zero-order valence-electron chi connectivity index (χ0n) is 18.5. The molecule has 7 rings (SSSR count). The van der Waals surface area contributed by atoms with Crippen LogP contribution in [-0.2, 0) is 0 Å². The smallest absolute Gasteiger partial charge is 0.226 e. The molecule has 0 saturated heterocycles. The second kappa shape index (κ2) is 8.10. The maximum Gasteiger partial charge on any atom is 0.226 e. The fourth-order valence-electron chi connectivity index (χ4n) is 5.80. The molecule has 3 fully saturated rings. The highest BCUT2D eigenvalue weighted by Gasteiger charge is 2.42. The monoisotopic (exact) mass is 476 g/mol. The Bertz CT molecular complexity index is 1420. The molecule has 0 amide bonds. The van der Waals surface area contributed by atoms with E-state index in [4.69, 9.17) is 22.6 Å². The van der Waals surface area contributed by atoms with Crippen molar-refractivity contribution in [3.63, 3.8) is 0 Å². The highest BCUT2D eigenvalue weighted by Crippen LogP contribution is 2.48. The second-order valence-electron chi connectivity index (χ2n) is 9.23. The van der Waals surface area contributed by atoms with Crippen LogP contribution in [0.2, 0.25) is 5.15 Å². The largest absolute Gasteiger partial charge is 0.466 e. The summed E-state index contributed by atoms with van der Waals surface area (Å²) >= 11 is 6.10. The molecule has 0 spiro atoms. The van der Waals surface area contributed by atoms with Gasteiger partial charge < -0.3 is 14.7 Å². The van der Waals surface area contributed by atoms with Crippen LogP contribution in [0.3, 0.4) is 0 Å². The lowest BCUT2D eigenvalue weighted by Gasteiger charge is -2.47. The number of furan rings is 1. The van der Waals surface area contributed by atoms with Crippen molar-refractivity contribution in [2.45, 2.75) is 38.6 Å². The van der Waals surface area contributed by atoms with Gasteiger partial charge in [-0.05, 0) is 55.6 Å². The lowest BCUT2D eigenvalue weighted by Crippen LogP contribution is -2.47. The first kappa shape index (κ1) is 21.1. The van der Waals surface area contributed by atoms with Crippen molar-refractivity contribution in [3.05, 3.63) is 53.2 Å². The van der Waals surface area contributed by atoms with Gasteiger partial charge in [0, 0.05) is 17.8 Å². The summed E-state index contributed by atoms with van der Waals surface area (Å²) in [6.07, 6.45) is 9.33. The lowest BCUT2D eigenvalue weighted by atomic mass is 9.62. The quantitative estimate of drug-likeness (QED) is 0.314. The molecule has 9 heteroatoms. The van der Waals surface area contributed by atoms with Crippen LogP contribution in [-0.4, -0.2) is 26.0 Å². The summed E-state index contributed by atoms with van der Waals surface area (Å²) in [7, 11) is 0. The summed E-state index contributed by atoms with van der Waals surface area (Å²) in [5.41, 5.74) is 1.96. The van der Waals surface area contributed by atoms with E-state index in [9.17, 15) is 0 Å². The van der Waals surface area contributed by atoms with Crippen molar-refractivity contribution in [1.82, 2.24) is 19.9 Å². The number of hydrogen-bond donors (Lipinski definition) is 2. The SMILES string of the molecule is [C-]#[N+]c1c(-c2c[nH]c3ncc(Cl)nc23)nc(N[C@@H]2C3CCC(CC3)[C@H]2C)c(F)c1-c1ccco1. The lowest BCUT2D eigenvalue weighted by molar-refractivity contribution is 0.0926. The van der Waals surface area contributed by atoms with Crippen LogP contribution in [0.15, 0.2) is 35.2 Å². The molecule has 2 atom stereocenters. The van der Waals surface area contributed by atoms with Gasteiger partial charge in [-0.1, -0.05) is 18.5 Å². The van der Waals surface area contributed by atoms with Crippen LogP contribution in [0, 0.1) is 30.1 Å². The highest BCUT2D eigenvalue weighted by molar-refractivity contribution is 6.29. The van der Waals surface area contributed by atoms with E-state index in [0.29, 0.717) is 40.2 Å². The first-order valence-corrected chi connectivity index (χ1v) is 11.8. The molecule has 3 aliphatic carbocycles. The molecule has 0 aromatic carbocycles. The summed E-state index contributed by atoms with van der Waals surface area (Å²) in [5, 5.41) is 3.66. The van der Waals surface area contributed by atoms with E-state index in [0.717, 1.165) is 12.8 Å². The van der Waals surface area contributed by atoms with Crippen LogP contribution < -0.4 is 5.32 Å². The Hall–Kier alpha value is -3.44. The summed E-state index contributed by atoms with van der Waals surface area (Å²) in [5.74, 6) is 1.36. The number of aromatic amines is 1. The minimum Gasteiger partial charge on any atom is -0.466 e. The van der Waals surface area contributed by atoms with E-state index >= 15 is 4.39 Å². The average molecular weight is 477 g/mol. The summed E-state index contributed by atoms with van der Waals surface area (Å²) in [6, 6.07) is 3.45. The van der Waals surface area contributed by atoms with Gasteiger partial charge in [0.05, 0.1) is 30.3 Å². The van der Waals surface area contributed by atoms with E-state index in [1.165, 1.54) is 25.3 Å². The molecule has 2 bridgehead atoms. The molecule has 3 saturated carbocycles. The average Bonchev–Trinajstić information content (AvgIpc) is 3.52. The van der Waals surface area contributed by atoms with Gasteiger partial charge in [0.1, 0.15) is 16.4 Å². The Kier molecular flexibility index (Phi) is 5.03. The van der Waals surface area contributed by atoms with Gasteiger partial charge in [-0.15, -0.1) is 0 Å². The van der Waals surface area contributed by atoms with Gasteiger partial charge in [-0.3, -0.25) is 0 Å². The molecule has 4 heterocycles. The fraction of sp³-hybridized carbons (Fsp3) is 0.360. The number of aromatic nitrogens is 4. The third-order valence-electron chi connectivity index (χ3n) is 7.54. The van der Waals surface area contributed by atoms with Crippen molar-refractivity contribution in [2.24, 2.45) is 17.8 Å². The van der Waals surface area contributed by atoms with Gasteiger partial charge in [-0.2, -0.15) is 0 Å². The van der Waals surface area contributed by atoms with E-state index in [1.807, 2.05) is 0 Å². The first-order valence-electron chi connectivity index (χ1n) is 11.5. The number of rotatable bonds is 4. The van der Waals surface area contributed by atoms with Crippen molar-refractivity contribution in [1.29, 1.82) is 0 Å². The molecule has 0 unspecified atom stereocenters. The van der Waals surface area contributed by atoms with E-state index in [1.54, 1.807) is 18.3 Å². The second-order valence-corrected chi connectivity index (χ2v) is 9.62. The molecule has 2 N–H and O–H groups in total. The zero-order chi connectivity index (χ0) is 23.4. The molecule has 7 nitrogen and oxygen atoms in total. The minimum atomic E-state index is -0.581. The molecule has 3 aliphatic rings. The number of pyridine rings is 1. The topological polar surface area (TPSA) is 84.0 Å². The fourth-order valence-corrected chi connectivity index (χ4v) is 5.94. The van der Waals surface area contributed by atoms with Crippen molar-refractivity contribution >= 4 is 34.3 Å². The maximum absolute atomic E-state index is 16.0. The Morgan fingerprint density at radius 2 is 2.03 bits per heavy atom. The van der Waals surface area contributed by atoms with Crippen molar-refractivity contribution < 1.29 is 8.81 Å². The van der Waals surface area contributed by atoms with Crippen molar-refractivity contribution in [2.75, 3.05) is 5.32 Å². The summed E-state index contributed by atoms with van der Waals surface area (Å²) in [4.78, 5) is 20.0. The zero-order valence-corrected chi connectivity index (χ0v) is 19.2. The molecule has 34 heavy (non-hydrogen) atoms. The van der Waals surface area contributed by atoms with E-state index < -0.39 is 5.82 Å². The van der Waals surface area contributed by atoms with E-state index in [2.05, 4.69) is 37.0 Å². The third kappa shape index (κ3) is 3.26. The van der Waals surface area contributed by atoms with Crippen LogP contribution in [0.4, 0.5) is 15.9 Å². The predicted octanol–water partition coefficient (Wildman–Crippen LogP) is 6.86. The molecule has 0 radical (unpaired) electrons. The Balaban J connectivity index is 1.56. The van der Waals surface area contributed by atoms with Gasteiger partial charge in [-0.25, -0.2) is 24.2 Å². The standard InChI is InChI=1S/C25H22ClFN6O/c1-12-13-5-7-14(8-6-13)20(12)32-24-19(27)18(16-4-3-9-34-16)23(28-2)21(33-24)15-10-29-25-22(15)31-17(26)11-30-25/h3-4,9-14,20H,5-8H2,1H3,(H,29,30)(H,32,33)/t12-,13?,14?,20+/m1/s1. The van der Waals surface area contributed by atoms with Gasteiger partial charge in [0.15, 0.2) is 17.3 Å². The van der Waals surface area contributed by atoms with Gasteiger partial charge in [0.25, 0.3) is 0 Å². The molecular weight excluding hydrogens is 455 g/mol. The highest BCUT2D eigenvalue weighted by atomic mass is 35.5. The molecule has 4 aromatic heterocycles. The number of H-pyrrole nitrogens is 1. The van der Waals surface area contributed by atoms with E-state index in [-0.39, 0.29) is 34.0 Å². The number of hydrogen-bond acceptors (Lipinski definition) is 5. The van der Waals surface area contributed by atoms with Crippen molar-refractivity contribution in [3.8, 4) is 22.6 Å².